The molecule has 6 nitrogen and oxygen atoms in total. The van der Waals surface area contributed by atoms with E-state index in [9.17, 15) is 14.7 Å². The lowest BCUT2D eigenvalue weighted by molar-refractivity contribution is -0.112. The summed E-state index contributed by atoms with van der Waals surface area (Å²) in [4.78, 5) is 29.3. The fourth-order valence-corrected chi connectivity index (χ4v) is 3.69. The fraction of sp³-hybridized carbons (Fsp3) is 0.286. The molecule has 1 amide bonds. The number of aromatic nitrogens is 2. The van der Waals surface area contributed by atoms with Crippen LogP contribution in [0, 0.1) is 0 Å². The number of hydrogen-bond acceptors (Lipinski definition) is 4. The summed E-state index contributed by atoms with van der Waals surface area (Å²) in [6.07, 6.45) is 8.46. The molecule has 0 aliphatic carbocycles. The van der Waals surface area contributed by atoms with Crippen LogP contribution in [0.15, 0.2) is 36.8 Å². The molecule has 152 valence electrons. The Kier molecular flexibility index (Phi) is 6.77. The summed E-state index contributed by atoms with van der Waals surface area (Å²) >= 11 is 12.0. The molecule has 3 aromatic rings. The minimum atomic E-state index is -0.867. The zero-order valence-corrected chi connectivity index (χ0v) is 17.4. The molecule has 29 heavy (non-hydrogen) atoms. The maximum Gasteiger partial charge on any atom is 0.296 e. The van der Waals surface area contributed by atoms with Crippen LogP contribution in [0.2, 0.25) is 10.0 Å². The standard InChI is InChI=1S/C21H21Cl2N3O3/c1-2-3-4-5-9-26-12-14(13-7-6-8-17(27)19(13)26)20(28)21(29)25-18-15(22)10-24-11-16(18)23/h6-8,10-12,27H,2-5,9H2,1H3,(H,24,25,29). The molecule has 0 radical (unpaired) electrons. The van der Waals surface area contributed by atoms with E-state index in [1.54, 1.807) is 24.4 Å². The van der Waals surface area contributed by atoms with Crippen molar-refractivity contribution in [3.05, 3.63) is 52.4 Å². The van der Waals surface area contributed by atoms with Crippen molar-refractivity contribution in [2.24, 2.45) is 0 Å². The van der Waals surface area contributed by atoms with Crippen molar-refractivity contribution in [2.45, 2.75) is 39.2 Å². The number of pyridine rings is 1. The highest BCUT2D eigenvalue weighted by Crippen LogP contribution is 2.31. The van der Waals surface area contributed by atoms with Gasteiger partial charge in [-0.25, -0.2) is 0 Å². The van der Waals surface area contributed by atoms with Gasteiger partial charge in [-0.2, -0.15) is 0 Å². The van der Waals surface area contributed by atoms with Gasteiger partial charge in [0.25, 0.3) is 11.7 Å². The van der Waals surface area contributed by atoms with Crippen molar-refractivity contribution in [1.29, 1.82) is 0 Å². The molecule has 0 unspecified atom stereocenters. The Morgan fingerprint density at radius 1 is 1.14 bits per heavy atom. The molecule has 0 saturated carbocycles. The predicted octanol–water partition coefficient (Wildman–Crippen LogP) is 5.45. The molecule has 3 rings (SSSR count). The minimum absolute atomic E-state index is 0.0673. The molecule has 0 fully saturated rings. The highest BCUT2D eigenvalue weighted by atomic mass is 35.5. The lowest BCUT2D eigenvalue weighted by atomic mass is 10.1. The Morgan fingerprint density at radius 2 is 1.86 bits per heavy atom. The Morgan fingerprint density at radius 3 is 2.55 bits per heavy atom. The Labute approximate surface area is 178 Å². The van der Waals surface area contributed by atoms with E-state index in [4.69, 9.17) is 23.2 Å². The van der Waals surface area contributed by atoms with Gasteiger partial charge in [-0.3, -0.25) is 14.6 Å². The maximum absolute atomic E-state index is 12.9. The van der Waals surface area contributed by atoms with Crippen LogP contribution in [0.4, 0.5) is 5.69 Å². The molecule has 1 aromatic carbocycles. The lowest BCUT2D eigenvalue weighted by Gasteiger charge is -2.07. The molecule has 8 heteroatoms. The first kappa shape index (κ1) is 21.1. The van der Waals surface area contributed by atoms with Gasteiger partial charge in [0.15, 0.2) is 0 Å². The summed E-state index contributed by atoms with van der Waals surface area (Å²) in [6.45, 7) is 2.78. The molecule has 2 N–H and O–H groups in total. The third kappa shape index (κ3) is 4.54. The van der Waals surface area contributed by atoms with Crippen LogP contribution in [-0.4, -0.2) is 26.3 Å². The fourth-order valence-electron chi connectivity index (χ4n) is 3.23. The number of fused-ring (bicyclic) bond motifs is 1. The highest BCUT2D eigenvalue weighted by Gasteiger charge is 2.24. The van der Waals surface area contributed by atoms with Crippen LogP contribution in [-0.2, 0) is 11.3 Å². The van der Waals surface area contributed by atoms with Gasteiger partial charge < -0.3 is 15.0 Å². The Hall–Kier alpha value is -2.57. The summed E-state index contributed by atoms with van der Waals surface area (Å²) in [5.41, 5.74) is 0.887. The number of rotatable bonds is 8. The summed E-state index contributed by atoms with van der Waals surface area (Å²) in [5, 5.41) is 13.6. The molecule has 0 aliphatic rings. The van der Waals surface area contributed by atoms with Gasteiger partial charge >= 0.3 is 0 Å². The van der Waals surface area contributed by atoms with Crippen molar-refractivity contribution >= 4 is 51.5 Å². The molecule has 0 aliphatic heterocycles. The highest BCUT2D eigenvalue weighted by molar-refractivity contribution is 6.50. The minimum Gasteiger partial charge on any atom is -0.506 e. The SMILES string of the molecule is CCCCCCn1cc(C(=O)C(=O)Nc2c(Cl)cncc2Cl)c2cccc(O)c21. The van der Waals surface area contributed by atoms with E-state index in [-0.39, 0.29) is 27.0 Å². The number of aryl methyl sites for hydroxylation is 1. The quantitative estimate of drug-likeness (QED) is 0.281. The summed E-state index contributed by atoms with van der Waals surface area (Å²) in [5.74, 6) is -1.54. The number of carbonyl (C=O) groups excluding carboxylic acids is 2. The number of ketones is 1. The number of benzene rings is 1. The number of hydrogen-bond donors (Lipinski definition) is 2. The van der Waals surface area contributed by atoms with Crippen LogP contribution in [0.1, 0.15) is 43.0 Å². The maximum atomic E-state index is 12.9. The topological polar surface area (TPSA) is 84.2 Å². The number of aromatic hydroxyl groups is 1. The van der Waals surface area contributed by atoms with Gasteiger partial charge in [0.1, 0.15) is 5.75 Å². The third-order valence-electron chi connectivity index (χ3n) is 4.67. The Bertz CT molecular complexity index is 1040. The molecule has 0 atom stereocenters. The van der Waals surface area contributed by atoms with E-state index in [0.717, 1.165) is 25.7 Å². The van der Waals surface area contributed by atoms with E-state index in [1.807, 2.05) is 4.57 Å². The van der Waals surface area contributed by atoms with Crippen LogP contribution in [0.25, 0.3) is 10.9 Å². The second-order valence-corrected chi connectivity index (χ2v) is 7.55. The number of amides is 1. The van der Waals surface area contributed by atoms with Crippen molar-refractivity contribution < 1.29 is 14.7 Å². The monoisotopic (exact) mass is 433 g/mol. The van der Waals surface area contributed by atoms with Gasteiger partial charge in [0.05, 0.1) is 26.8 Å². The largest absolute Gasteiger partial charge is 0.506 e. The number of nitrogens with zero attached hydrogens (tertiary/aromatic N) is 2. The third-order valence-corrected chi connectivity index (χ3v) is 5.25. The number of Topliss-reactive ketones (excluding diaryl/α,β-unsaturated/α-hetero) is 1. The molecule has 0 spiro atoms. The smallest absolute Gasteiger partial charge is 0.296 e. The lowest BCUT2D eigenvalue weighted by Crippen LogP contribution is -2.23. The number of nitrogens with one attached hydrogen (secondary N) is 1. The number of para-hydroxylation sites is 1. The first-order valence-electron chi connectivity index (χ1n) is 9.39. The normalized spacial score (nSPS) is 11.0. The summed E-state index contributed by atoms with van der Waals surface area (Å²) < 4.78 is 1.83. The molecule has 0 saturated heterocycles. The number of anilines is 1. The molecule has 2 heterocycles. The molecular formula is C21H21Cl2N3O3. The number of halogens is 2. The van der Waals surface area contributed by atoms with Gasteiger partial charge in [-0.1, -0.05) is 61.5 Å². The van der Waals surface area contributed by atoms with E-state index in [0.29, 0.717) is 17.4 Å². The average molecular weight is 434 g/mol. The number of carbonyl (C=O) groups is 2. The number of phenolic OH excluding ortho intramolecular Hbond substituents is 1. The van der Waals surface area contributed by atoms with E-state index in [2.05, 4.69) is 17.2 Å². The van der Waals surface area contributed by atoms with Crippen molar-refractivity contribution in [3.63, 3.8) is 0 Å². The first-order valence-corrected chi connectivity index (χ1v) is 10.1. The summed E-state index contributed by atoms with van der Waals surface area (Å²) in [6, 6.07) is 4.92. The van der Waals surface area contributed by atoms with Crippen molar-refractivity contribution in [1.82, 2.24) is 9.55 Å². The van der Waals surface area contributed by atoms with Crippen molar-refractivity contribution in [3.8, 4) is 5.75 Å². The zero-order valence-electron chi connectivity index (χ0n) is 15.9. The van der Waals surface area contributed by atoms with Gasteiger partial charge in [0, 0.05) is 30.5 Å². The summed E-state index contributed by atoms with van der Waals surface area (Å²) in [7, 11) is 0. The van der Waals surface area contributed by atoms with Gasteiger partial charge in [0.2, 0.25) is 0 Å². The van der Waals surface area contributed by atoms with Crippen LogP contribution >= 0.6 is 23.2 Å². The van der Waals surface area contributed by atoms with E-state index >= 15 is 0 Å². The average Bonchev–Trinajstić information content (AvgIpc) is 3.07. The molecule has 2 aromatic heterocycles. The van der Waals surface area contributed by atoms with Gasteiger partial charge in [-0.05, 0) is 12.5 Å². The van der Waals surface area contributed by atoms with E-state index in [1.165, 1.54) is 12.4 Å². The van der Waals surface area contributed by atoms with E-state index < -0.39 is 11.7 Å². The first-order chi connectivity index (χ1) is 13.9. The molecule has 0 bridgehead atoms. The number of unbranched alkanes of at least 4 members (excludes halogenated alkanes) is 3. The van der Waals surface area contributed by atoms with Crippen LogP contribution in [0.3, 0.4) is 0 Å². The Balaban J connectivity index is 1.91. The zero-order chi connectivity index (χ0) is 21.0. The van der Waals surface area contributed by atoms with Gasteiger partial charge in [-0.15, -0.1) is 0 Å². The van der Waals surface area contributed by atoms with Crippen molar-refractivity contribution in [2.75, 3.05) is 5.32 Å². The van der Waals surface area contributed by atoms with Crippen LogP contribution < -0.4 is 5.32 Å². The molecular weight excluding hydrogens is 413 g/mol. The number of phenols is 1. The predicted molar refractivity (Wildman–Crippen MR) is 115 cm³/mol. The second-order valence-electron chi connectivity index (χ2n) is 6.73. The second kappa shape index (κ2) is 9.29. The van der Waals surface area contributed by atoms with Crippen LogP contribution in [0.5, 0.6) is 5.75 Å².